The predicted octanol–water partition coefficient (Wildman–Crippen LogP) is 7.04. The van der Waals surface area contributed by atoms with Gasteiger partial charge in [-0.15, -0.1) is 6.42 Å². The highest BCUT2D eigenvalue weighted by Gasteiger charge is 2.33. The average Bonchev–Trinajstić information content (AvgIpc) is 3.64. The van der Waals surface area contributed by atoms with Crippen LogP contribution in [0.1, 0.15) is 42.5 Å². The number of hydrogen-bond donors (Lipinski definition) is 0. The van der Waals surface area contributed by atoms with E-state index in [2.05, 4.69) is 33.9 Å². The lowest BCUT2D eigenvalue weighted by atomic mass is 9.92. The van der Waals surface area contributed by atoms with E-state index in [4.69, 9.17) is 32.2 Å². The minimum Gasteiger partial charge on any atom is -0.481 e. The van der Waals surface area contributed by atoms with Crippen LogP contribution in [0.15, 0.2) is 53.5 Å². The fourth-order valence-electron chi connectivity index (χ4n) is 5.44. The van der Waals surface area contributed by atoms with Gasteiger partial charge in [0.15, 0.2) is 19.0 Å². The Hall–Kier alpha value is -6.00. The van der Waals surface area contributed by atoms with Crippen molar-refractivity contribution in [3.8, 4) is 29.6 Å². The van der Waals surface area contributed by atoms with Crippen LogP contribution in [0.25, 0.3) is 0 Å². The molecular weight excluding hydrogens is 790 g/mol. The lowest BCUT2D eigenvalue weighted by molar-refractivity contribution is -0.385. The minimum absolute atomic E-state index is 0.0493. The average molecular weight is 820 g/mol. The molecule has 1 aromatic heterocycles. The van der Waals surface area contributed by atoms with Crippen LogP contribution in [-0.2, 0) is 38.2 Å². The number of alkyl halides is 3. The summed E-state index contributed by atoms with van der Waals surface area (Å²) in [5.41, 5.74) is -1.48. The van der Waals surface area contributed by atoms with E-state index < -0.39 is 52.3 Å². The Morgan fingerprint density at radius 1 is 1.18 bits per heavy atom. The zero-order valence-electron chi connectivity index (χ0n) is 29.6. The molecule has 3 heterocycles. The van der Waals surface area contributed by atoms with Crippen molar-refractivity contribution >= 4 is 58.0 Å². The van der Waals surface area contributed by atoms with Crippen LogP contribution in [0.2, 0.25) is 5.02 Å². The van der Waals surface area contributed by atoms with Gasteiger partial charge in [-0.05, 0) is 42.7 Å². The van der Waals surface area contributed by atoms with Crippen LogP contribution in [0.5, 0.6) is 17.2 Å². The van der Waals surface area contributed by atoms with E-state index in [0.29, 0.717) is 22.3 Å². The van der Waals surface area contributed by atoms with Crippen LogP contribution in [0.4, 0.5) is 34.6 Å². The normalized spacial score (nSPS) is 14.4. The number of aromatic nitrogens is 2. The maximum Gasteiger partial charge on any atom is 0.416 e. The highest BCUT2D eigenvalue weighted by molar-refractivity contribution is 7.02. The van der Waals surface area contributed by atoms with Crippen LogP contribution in [0.3, 0.4) is 0 Å². The maximum atomic E-state index is 14.5. The first-order valence-electron chi connectivity index (χ1n) is 16.4. The molecular formula is C36H30ClF4N5O9S. The zero-order valence-corrected chi connectivity index (χ0v) is 31.2. The van der Waals surface area contributed by atoms with Crippen molar-refractivity contribution in [2.24, 2.45) is 10.4 Å². The highest BCUT2D eigenvalue weighted by Crippen LogP contribution is 2.39. The van der Waals surface area contributed by atoms with E-state index in [9.17, 15) is 42.1 Å². The molecule has 0 saturated carbocycles. The number of carbonyl (C=O) groups is 3. The van der Waals surface area contributed by atoms with Crippen LogP contribution < -0.4 is 19.2 Å². The molecule has 4 aromatic rings. The van der Waals surface area contributed by atoms with Gasteiger partial charge in [-0.3, -0.25) is 19.8 Å². The van der Waals surface area contributed by atoms with Crippen molar-refractivity contribution in [2.75, 3.05) is 31.3 Å². The summed E-state index contributed by atoms with van der Waals surface area (Å²) in [5, 5.41) is 10.8. The predicted molar refractivity (Wildman–Crippen MR) is 192 cm³/mol. The summed E-state index contributed by atoms with van der Waals surface area (Å²) in [6, 6.07) is 8.11. The number of hydrogen-bond acceptors (Lipinski definition) is 12. The van der Waals surface area contributed by atoms with E-state index in [1.165, 1.54) is 35.5 Å². The minimum atomic E-state index is -4.61. The van der Waals surface area contributed by atoms with Crippen LogP contribution >= 0.6 is 23.1 Å². The van der Waals surface area contributed by atoms with Crippen LogP contribution in [-0.4, -0.2) is 58.1 Å². The third kappa shape index (κ3) is 9.62. The molecule has 0 spiro atoms. The second kappa shape index (κ2) is 16.8. The van der Waals surface area contributed by atoms with Gasteiger partial charge in [0.1, 0.15) is 34.3 Å². The highest BCUT2D eigenvalue weighted by atomic mass is 35.5. The summed E-state index contributed by atoms with van der Waals surface area (Å²) in [6.45, 7) is 5.88. The lowest BCUT2D eigenvalue weighted by Gasteiger charge is -2.28. The number of nitro benzene ring substituents is 1. The SMILES string of the molecule is C#CCN1C(=O)COc2cc(F)c(/N=c3\snc4n3CC(C)(C)C4)cc21.CCOC(=O)COC(=O)c1cc(Oc2ccc(C(F)(F)F)cc2Cl)ccc1[N+](=O)[O-]. The second-order valence-corrected chi connectivity index (χ2v) is 13.9. The van der Waals surface area contributed by atoms with Crippen molar-refractivity contribution in [2.45, 2.75) is 39.9 Å². The smallest absolute Gasteiger partial charge is 0.416 e. The molecule has 0 saturated heterocycles. The molecule has 6 rings (SSSR count). The standard InChI is InChI=1S/C18H13ClF3NO7.C18H17FN4O2S/c1-2-28-16(24)9-29-17(25)12-8-11(4-5-14(12)23(26)27)30-15-6-3-10(7-13(15)19)18(20,21)22;1-4-5-22-13-7-12(11(19)6-14(13)25-9-16(22)24)20-17-23-10-18(2,3)8-15(23)21-26-17/h3-8H,2,9H2,1H3;1,6-7H,5,8-10H2,2-3H3/b;20-17-. The molecule has 0 atom stereocenters. The Bertz CT molecular complexity index is 2320. The van der Waals surface area contributed by atoms with Gasteiger partial charge in [-0.1, -0.05) is 31.4 Å². The number of esters is 2. The van der Waals surface area contributed by atoms with Crippen LogP contribution in [0, 0.1) is 33.7 Å². The number of rotatable bonds is 9. The quantitative estimate of drug-likeness (QED) is 0.0563. The van der Waals surface area contributed by atoms with E-state index in [-0.39, 0.29) is 53.3 Å². The number of nitro groups is 1. The van der Waals surface area contributed by atoms with Crippen molar-refractivity contribution in [1.29, 1.82) is 0 Å². The summed E-state index contributed by atoms with van der Waals surface area (Å²) in [4.78, 5) is 52.3. The summed E-state index contributed by atoms with van der Waals surface area (Å²) >= 11 is 7.05. The molecule has 56 heavy (non-hydrogen) atoms. The Morgan fingerprint density at radius 2 is 1.93 bits per heavy atom. The number of benzene rings is 3. The summed E-state index contributed by atoms with van der Waals surface area (Å²) in [6.07, 6.45) is 1.61. The number of amides is 1. The third-order valence-electron chi connectivity index (χ3n) is 7.93. The van der Waals surface area contributed by atoms with Gasteiger partial charge in [0.25, 0.3) is 11.6 Å². The second-order valence-electron chi connectivity index (χ2n) is 12.7. The van der Waals surface area contributed by atoms with Gasteiger partial charge in [0.2, 0.25) is 4.80 Å². The van der Waals surface area contributed by atoms with Gasteiger partial charge in [0, 0.05) is 42.7 Å². The van der Waals surface area contributed by atoms with Crippen molar-refractivity contribution < 1.29 is 55.8 Å². The maximum absolute atomic E-state index is 14.5. The molecule has 2 aliphatic heterocycles. The Balaban J connectivity index is 0.000000216. The van der Waals surface area contributed by atoms with Crippen molar-refractivity contribution in [3.05, 3.63) is 91.2 Å². The molecule has 0 fully saturated rings. The molecule has 14 nitrogen and oxygen atoms in total. The number of anilines is 1. The molecule has 0 unspecified atom stereocenters. The molecule has 0 N–H and O–H groups in total. The van der Waals surface area contributed by atoms with E-state index in [1.807, 2.05) is 4.57 Å². The van der Waals surface area contributed by atoms with Gasteiger partial charge >= 0.3 is 18.1 Å². The Morgan fingerprint density at radius 3 is 2.59 bits per heavy atom. The zero-order chi connectivity index (χ0) is 40.9. The van der Waals surface area contributed by atoms with Gasteiger partial charge < -0.3 is 23.5 Å². The molecule has 0 radical (unpaired) electrons. The topological polar surface area (TPSA) is 165 Å². The van der Waals surface area contributed by atoms with Gasteiger partial charge in [0.05, 0.1) is 34.3 Å². The lowest BCUT2D eigenvalue weighted by Crippen LogP contribution is -2.39. The first-order valence-corrected chi connectivity index (χ1v) is 17.5. The Kier molecular flexibility index (Phi) is 12.3. The molecule has 3 aromatic carbocycles. The first kappa shape index (κ1) is 41.2. The van der Waals surface area contributed by atoms with Gasteiger partial charge in [-0.2, -0.15) is 17.5 Å². The molecule has 0 bridgehead atoms. The Labute approximate surface area is 324 Å². The number of fused-ring (bicyclic) bond motifs is 2. The van der Waals surface area contributed by atoms with E-state index >= 15 is 0 Å². The number of halogens is 5. The number of ether oxygens (including phenoxy) is 4. The summed E-state index contributed by atoms with van der Waals surface area (Å²) < 4.78 is 79.1. The van der Waals surface area contributed by atoms with Gasteiger partial charge in [-0.25, -0.2) is 19.0 Å². The monoisotopic (exact) mass is 819 g/mol. The summed E-state index contributed by atoms with van der Waals surface area (Å²) in [5.74, 6) is 0.566. The van der Waals surface area contributed by atoms with E-state index in [0.717, 1.165) is 49.1 Å². The largest absolute Gasteiger partial charge is 0.481 e. The molecule has 0 aliphatic carbocycles. The molecule has 2 aliphatic rings. The fourth-order valence-corrected chi connectivity index (χ4v) is 6.42. The number of carbonyl (C=O) groups excluding carboxylic acids is 3. The van der Waals surface area contributed by atoms with E-state index in [1.54, 1.807) is 0 Å². The third-order valence-corrected chi connectivity index (χ3v) is 9.01. The molecule has 1 amide bonds. The fraction of sp³-hybridized carbons (Fsp3) is 0.306. The molecule has 20 heteroatoms. The number of nitrogens with zero attached hydrogens (tertiary/aromatic N) is 5. The summed E-state index contributed by atoms with van der Waals surface area (Å²) in [7, 11) is 0. The number of terminal acetylenes is 1. The van der Waals surface area contributed by atoms with Crippen molar-refractivity contribution in [3.63, 3.8) is 0 Å². The first-order chi connectivity index (χ1) is 26.4. The molecule has 294 valence electrons. The van der Waals surface area contributed by atoms with Crippen molar-refractivity contribution in [1.82, 2.24) is 8.94 Å².